The fourth-order valence-corrected chi connectivity index (χ4v) is 4.41. The molecule has 2 N–H and O–H groups in total. The highest BCUT2D eigenvalue weighted by Crippen LogP contribution is 2.22. The summed E-state index contributed by atoms with van der Waals surface area (Å²) in [7, 11) is -3.73. The number of carbonyl (C=O) groups is 1. The highest BCUT2D eigenvalue weighted by molar-refractivity contribution is 7.90. The van der Waals surface area contributed by atoms with Crippen molar-refractivity contribution in [3.05, 3.63) is 58.1 Å². The minimum absolute atomic E-state index is 0.0700. The summed E-state index contributed by atoms with van der Waals surface area (Å²) in [6, 6.07) is 11.2. The number of amides is 1. The van der Waals surface area contributed by atoms with E-state index in [1.54, 1.807) is 30.3 Å². The van der Waals surface area contributed by atoms with Crippen LogP contribution < -0.4 is 10.0 Å². The van der Waals surface area contributed by atoms with Gasteiger partial charge in [0.1, 0.15) is 5.84 Å². The van der Waals surface area contributed by atoms with Crippen LogP contribution in [0.5, 0.6) is 0 Å². The zero-order valence-electron chi connectivity index (χ0n) is 14.9. The summed E-state index contributed by atoms with van der Waals surface area (Å²) in [6.07, 6.45) is 2.10. The summed E-state index contributed by atoms with van der Waals surface area (Å²) in [5.41, 5.74) is 1.22. The molecule has 6 nitrogen and oxygen atoms in total. The van der Waals surface area contributed by atoms with Gasteiger partial charge in [-0.1, -0.05) is 35.3 Å². The quantitative estimate of drug-likeness (QED) is 0.711. The highest BCUT2D eigenvalue weighted by atomic mass is 35.5. The molecule has 9 heteroatoms. The maximum atomic E-state index is 12.5. The van der Waals surface area contributed by atoms with Crippen molar-refractivity contribution in [1.29, 1.82) is 0 Å². The van der Waals surface area contributed by atoms with Crippen LogP contribution in [0.2, 0.25) is 10.0 Å². The number of halogens is 2. The molecule has 0 aromatic heterocycles. The summed E-state index contributed by atoms with van der Waals surface area (Å²) in [5, 5.41) is 3.76. The summed E-state index contributed by atoms with van der Waals surface area (Å²) in [5.74, 6) is 0.225. The lowest BCUT2D eigenvalue weighted by Crippen LogP contribution is -2.29. The van der Waals surface area contributed by atoms with Gasteiger partial charge < -0.3 is 5.32 Å². The van der Waals surface area contributed by atoms with Crippen molar-refractivity contribution >= 4 is 50.7 Å². The van der Waals surface area contributed by atoms with Crippen molar-refractivity contribution in [2.24, 2.45) is 4.99 Å². The molecule has 1 aliphatic heterocycles. The molecule has 0 saturated heterocycles. The molecule has 0 radical (unpaired) electrons. The van der Waals surface area contributed by atoms with Gasteiger partial charge in [0.05, 0.1) is 4.90 Å². The molecule has 2 aromatic rings. The number of hydrogen-bond acceptors (Lipinski definition) is 4. The number of aryl methyl sites for hydroxylation is 1. The van der Waals surface area contributed by atoms with Crippen molar-refractivity contribution in [1.82, 2.24) is 4.72 Å². The zero-order chi connectivity index (χ0) is 20.1. The van der Waals surface area contributed by atoms with Crippen LogP contribution in [0.25, 0.3) is 0 Å². The van der Waals surface area contributed by atoms with E-state index < -0.39 is 10.0 Å². The van der Waals surface area contributed by atoms with Crippen molar-refractivity contribution in [2.45, 2.75) is 30.6 Å². The molecule has 0 fully saturated rings. The minimum atomic E-state index is -3.73. The first-order valence-electron chi connectivity index (χ1n) is 8.73. The van der Waals surface area contributed by atoms with Crippen molar-refractivity contribution in [2.75, 3.05) is 11.9 Å². The van der Waals surface area contributed by atoms with E-state index >= 15 is 0 Å². The largest absolute Gasteiger partial charge is 0.326 e. The van der Waals surface area contributed by atoms with E-state index in [9.17, 15) is 13.2 Å². The highest BCUT2D eigenvalue weighted by Gasteiger charge is 2.18. The lowest BCUT2D eigenvalue weighted by Gasteiger charge is -2.10. The molecule has 0 spiro atoms. The van der Waals surface area contributed by atoms with Crippen LogP contribution in [0.15, 0.2) is 52.4 Å². The van der Waals surface area contributed by atoms with E-state index in [4.69, 9.17) is 23.2 Å². The SMILES string of the molecule is O=C(CCc1ccc(Cl)cc1Cl)Nc1cccc(S(=O)(=O)NC2=NCCC2)c1. The Balaban J connectivity index is 1.62. The van der Waals surface area contributed by atoms with Crippen LogP contribution in [-0.2, 0) is 21.2 Å². The molecule has 1 heterocycles. The van der Waals surface area contributed by atoms with Gasteiger partial charge in [-0.3, -0.25) is 14.5 Å². The van der Waals surface area contributed by atoms with Crippen LogP contribution in [-0.4, -0.2) is 26.7 Å². The number of nitrogens with one attached hydrogen (secondary N) is 2. The Hall–Kier alpha value is -2.09. The lowest BCUT2D eigenvalue weighted by atomic mass is 10.1. The predicted octanol–water partition coefficient (Wildman–Crippen LogP) is 4.04. The Morgan fingerprint density at radius 2 is 1.96 bits per heavy atom. The predicted molar refractivity (Wildman–Crippen MR) is 112 cm³/mol. The van der Waals surface area contributed by atoms with Gasteiger partial charge in [0.25, 0.3) is 10.0 Å². The smallest absolute Gasteiger partial charge is 0.262 e. The zero-order valence-corrected chi connectivity index (χ0v) is 17.2. The summed E-state index contributed by atoms with van der Waals surface area (Å²) in [6.45, 7) is 0.631. The Kier molecular flexibility index (Phi) is 6.59. The number of amidine groups is 1. The third-order valence-corrected chi connectivity index (χ3v) is 6.16. The van der Waals surface area contributed by atoms with Gasteiger partial charge in [-0.25, -0.2) is 8.42 Å². The summed E-state index contributed by atoms with van der Waals surface area (Å²) in [4.78, 5) is 16.4. The molecule has 148 valence electrons. The second-order valence-corrected chi connectivity index (χ2v) is 8.88. The first kappa shape index (κ1) is 20.6. The number of anilines is 1. The van der Waals surface area contributed by atoms with Gasteiger partial charge in [-0.05, 0) is 48.7 Å². The van der Waals surface area contributed by atoms with Crippen LogP contribution >= 0.6 is 23.2 Å². The van der Waals surface area contributed by atoms with Gasteiger partial charge in [-0.15, -0.1) is 0 Å². The number of nitrogens with zero attached hydrogens (tertiary/aromatic N) is 1. The van der Waals surface area contributed by atoms with Gasteiger partial charge in [0, 0.05) is 35.1 Å². The third-order valence-electron chi connectivity index (χ3n) is 4.19. The average molecular weight is 440 g/mol. The second kappa shape index (κ2) is 8.94. The van der Waals surface area contributed by atoms with E-state index in [-0.39, 0.29) is 17.2 Å². The van der Waals surface area contributed by atoms with E-state index in [1.807, 2.05) is 0 Å². The fraction of sp³-hybridized carbons (Fsp3) is 0.263. The van der Waals surface area contributed by atoms with Gasteiger partial charge >= 0.3 is 0 Å². The van der Waals surface area contributed by atoms with Crippen LogP contribution in [0, 0.1) is 0 Å². The normalized spacial score (nSPS) is 13.9. The Bertz CT molecular complexity index is 1020. The van der Waals surface area contributed by atoms with E-state index in [1.165, 1.54) is 12.1 Å². The van der Waals surface area contributed by atoms with Gasteiger partial charge in [-0.2, -0.15) is 0 Å². The monoisotopic (exact) mass is 439 g/mol. The molecule has 0 atom stereocenters. The molecular weight excluding hydrogens is 421 g/mol. The molecule has 1 amide bonds. The molecule has 0 aliphatic carbocycles. The number of benzene rings is 2. The molecule has 0 bridgehead atoms. The lowest BCUT2D eigenvalue weighted by molar-refractivity contribution is -0.116. The Morgan fingerprint density at radius 3 is 2.68 bits per heavy atom. The number of hydrogen-bond donors (Lipinski definition) is 2. The summed E-state index contributed by atoms with van der Waals surface area (Å²) < 4.78 is 27.4. The Morgan fingerprint density at radius 1 is 1.14 bits per heavy atom. The average Bonchev–Trinajstić information content (AvgIpc) is 3.13. The third kappa shape index (κ3) is 5.47. The van der Waals surface area contributed by atoms with Crippen LogP contribution in [0.1, 0.15) is 24.8 Å². The number of aliphatic imine (C=N–C) groups is 1. The maximum absolute atomic E-state index is 12.5. The molecule has 0 unspecified atom stereocenters. The number of carbonyl (C=O) groups excluding carboxylic acids is 1. The molecule has 28 heavy (non-hydrogen) atoms. The van der Waals surface area contributed by atoms with Gasteiger partial charge in [0.2, 0.25) is 5.91 Å². The standard InChI is InChI=1S/C19H19Cl2N3O3S/c20-14-8-6-13(17(21)11-14)7-9-19(25)23-15-3-1-4-16(12-15)28(26,27)24-18-5-2-10-22-18/h1,3-4,6,8,11-12H,2,5,7,9-10H2,(H,22,24)(H,23,25). The maximum Gasteiger partial charge on any atom is 0.262 e. The fourth-order valence-electron chi connectivity index (χ4n) is 2.77. The van der Waals surface area contributed by atoms with Crippen molar-refractivity contribution in [3.63, 3.8) is 0 Å². The number of sulfonamides is 1. The minimum Gasteiger partial charge on any atom is -0.326 e. The van der Waals surface area contributed by atoms with E-state index in [0.29, 0.717) is 41.0 Å². The van der Waals surface area contributed by atoms with Crippen molar-refractivity contribution in [3.8, 4) is 0 Å². The second-order valence-electron chi connectivity index (χ2n) is 6.35. The molecule has 0 saturated carbocycles. The molecule has 1 aliphatic rings. The Labute approximate surface area is 174 Å². The van der Waals surface area contributed by atoms with E-state index in [2.05, 4.69) is 15.0 Å². The topological polar surface area (TPSA) is 87.6 Å². The number of rotatable bonds is 6. The first-order chi connectivity index (χ1) is 13.3. The molecule has 3 rings (SSSR count). The molecule has 2 aromatic carbocycles. The summed E-state index contributed by atoms with van der Waals surface area (Å²) >= 11 is 12.0. The van der Waals surface area contributed by atoms with Crippen LogP contribution in [0.4, 0.5) is 5.69 Å². The molecular formula is C19H19Cl2N3O3S. The van der Waals surface area contributed by atoms with Gasteiger partial charge in [0.15, 0.2) is 0 Å². The first-order valence-corrected chi connectivity index (χ1v) is 11.0. The van der Waals surface area contributed by atoms with E-state index in [0.717, 1.165) is 12.0 Å². The van der Waals surface area contributed by atoms with Crippen LogP contribution in [0.3, 0.4) is 0 Å². The van der Waals surface area contributed by atoms with Crippen molar-refractivity contribution < 1.29 is 13.2 Å².